The summed E-state index contributed by atoms with van der Waals surface area (Å²) in [5.41, 5.74) is -0.422. The fraction of sp³-hybridized carbons (Fsp3) is 0.857. The Morgan fingerprint density at radius 1 is 1.32 bits per heavy atom. The van der Waals surface area contributed by atoms with Crippen molar-refractivity contribution in [1.29, 1.82) is 0 Å². The fourth-order valence-corrected chi connectivity index (χ4v) is 3.04. The number of hydrogen-bond donors (Lipinski definition) is 1. The summed E-state index contributed by atoms with van der Waals surface area (Å²) in [6.07, 6.45) is 0.0582. The third-order valence-electron chi connectivity index (χ3n) is 4.51. The zero-order valence-corrected chi connectivity index (χ0v) is 12.0. The first-order valence-electron chi connectivity index (χ1n) is 6.90. The van der Waals surface area contributed by atoms with Crippen LogP contribution in [0.2, 0.25) is 0 Å². The van der Waals surface area contributed by atoms with Gasteiger partial charge in [-0.1, -0.05) is 27.7 Å². The van der Waals surface area contributed by atoms with Crippen LogP contribution in [0, 0.1) is 23.2 Å². The van der Waals surface area contributed by atoms with Crippen LogP contribution in [0.3, 0.4) is 0 Å². The minimum absolute atomic E-state index is 0.0219. The summed E-state index contributed by atoms with van der Waals surface area (Å²) in [5, 5.41) is 9.15. The van der Waals surface area contributed by atoms with E-state index in [0.717, 1.165) is 0 Å². The Balaban J connectivity index is 2.03. The molecule has 0 aromatic rings. The van der Waals surface area contributed by atoms with E-state index < -0.39 is 17.3 Å². The topological polar surface area (TPSA) is 66.8 Å². The number of nitrogens with zero attached hydrogens (tertiary/aromatic N) is 1. The Morgan fingerprint density at radius 3 is 2.42 bits per heavy atom. The Morgan fingerprint density at radius 2 is 1.95 bits per heavy atom. The van der Waals surface area contributed by atoms with Gasteiger partial charge >= 0.3 is 5.97 Å². The molecular weight excluding hydrogens is 246 g/mol. The van der Waals surface area contributed by atoms with Crippen molar-refractivity contribution in [3.63, 3.8) is 0 Å². The van der Waals surface area contributed by atoms with E-state index in [1.165, 1.54) is 0 Å². The first-order chi connectivity index (χ1) is 8.76. The van der Waals surface area contributed by atoms with Crippen LogP contribution in [0.1, 0.15) is 27.7 Å². The van der Waals surface area contributed by atoms with Crippen molar-refractivity contribution >= 4 is 11.9 Å². The number of ether oxygens (including phenoxy) is 1. The van der Waals surface area contributed by atoms with E-state index in [4.69, 9.17) is 9.84 Å². The molecule has 0 spiro atoms. The monoisotopic (exact) mass is 269 g/mol. The van der Waals surface area contributed by atoms with Crippen LogP contribution in [-0.4, -0.2) is 47.7 Å². The smallest absolute Gasteiger partial charge is 0.307 e. The van der Waals surface area contributed by atoms with Gasteiger partial charge in [-0.15, -0.1) is 0 Å². The summed E-state index contributed by atoms with van der Waals surface area (Å²) in [5.74, 6) is -1.45. The van der Waals surface area contributed by atoms with E-state index in [0.29, 0.717) is 25.6 Å². The predicted octanol–water partition coefficient (Wildman–Crippen LogP) is 1.23. The van der Waals surface area contributed by atoms with Crippen molar-refractivity contribution in [2.75, 3.05) is 19.7 Å². The van der Waals surface area contributed by atoms with E-state index in [1.54, 1.807) is 4.90 Å². The number of aliphatic carboxylic acids is 1. The molecule has 2 aliphatic rings. The molecule has 1 amide bonds. The Kier molecular flexibility index (Phi) is 3.60. The Bertz CT molecular complexity index is 391. The first kappa shape index (κ1) is 14.3. The normalized spacial score (nSPS) is 33.3. The molecular formula is C14H23NO4. The lowest BCUT2D eigenvalue weighted by Crippen LogP contribution is -2.48. The number of rotatable bonds is 3. The van der Waals surface area contributed by atoms with Gasteiger partial charge in [0, 0.05) is 13.1 Å². The molecule has 0 radical (unpaired) electrons. The first-order valence-corrected chi connectivity index (χ1v) is 6.90. The second-order valence-electron chi connectivity index (χ2n) is 6.55. The van der Waals surface area contributed by atoms with E-state index in [-0.39, 0.29) is 17.9 Å². The van der Waals surface area contributed by atoms with Gasteiger partial charge in [0.25, 0.3) is 0 Å². The van der Waals surface area contributed by atoms with Crippen LogP contribution < -0.4 is 0 Å². The minimum atomic E-state index is -0.864. The maximum atomic E-state index is 12.5. The van der Waals surface area contributed by atoms with Crippen LogP contribution >= 0.6 is 0 Å². The number of hydrogen-bond acceptors (Lipinski definition) is 3. The molecule has 19 heavy (non-hydrogen) atoms. The molecule has 3 atom stereocenters. The molecule has 1 saturated carbocycles. The van der Waals surface area contributed by atoms with Gasteiger partial charge in [0.2, 0.25) is 5.91 Å². The van der Waals surface area contributed by atoms with Gasteiger partial charge in [0.1, 0.15) is 0 Å². The van der Waals surface area contributed by atoms with Crippen LogP contribution in [0.15, 0.2) is 0 Å². The van der Waals surface area contributed by atoms with Crippen LogP contribution in [0.4, 0.5) is 0 Å². The largest absolute Gasteiger partial charge is 0.481 e. The van der Waals surface area contributed by atoms with Gasteiger partial charge < -0.3 is 14.7 Å². The second-order valence-corrected chi connectivity index (χ2v) is 6.55. The molecule has 0 aromatic carbocycles. The Labute approximate surface area is 113 Å². The average Bonchev–Trinajstić information content (AvgIpc) is 2.91. The van der Waals surface area contributed by atoms with E-state index in [1.807, 2.05) is 13.8 Å². The highest BCUT2D eigenvalue weighted by Gasteiger charge is 2.66. The average molecular weight is 269 g/mol. The van der Waals surface area contributed by atoms with Gasteiger partial charge in [-0.3, -0.25) is 9.59 Å². The molecule has 2 rings (SSSR count). The lowest BCUT2D eigenvalue weighted by Gasteiger charge is -2.35. The Hall–Kier alpha value is -1.10. The quantitative estimate of drug-likeness (QED) is 0.836. The molecule has 1 aliphatic carbocycles. The van der Waals surface area contributed by atoms with Gasteiger partial charge in [-0.2, -0.15) is 0 Å². The van der Waals surface area contributed by atoms with Crippen molar-refractivity contribution in [1.82, 2.24) is 4.90 Å². The molecule has 5 heteroatoms. The molecule has 108 valence electrons. The fourth-order valence-electron chi connectivity index (χ4n) is 3.04. The summed E-state index contributed by atoms with van der Waals surface area (Å²) in [7, 11) is 0. The molecule has 2 fully saturated rings. The summed E-state index contributed by atoms with van der Waals surface area (Å²) in [4.78, 5) is 25.4. The van der Waals surface area contributed by atoms with Crippen molar-refractivity contribution in [3.8, 4) is 0 Å². The van der Waals surface area contributed by atoms with Crippen molar-refractivity contribution in [2.24, 2.45) is 23.2 Å². The lowest BCUT2D eigenvalue weighted by molar-refractivity contribution is -0.146. The van der Waals surface area contributed by atoms with Gasteiger partial charge in [-0.25, -0.2) is 0 Å². The maximum Gasteiger partial charge on any atom is 0.307 e. The standard InChI is InChI=1S/C14H23NO4/c1-8(2)9-7-15(5-6-19-9)12(16)10-11(13(17)18)14(10,3)4/h8-11H,5-7H2,1-4H3,(H,17,18)/t9?,10-,11+/m0/s1. The molecule has 1 N–H and O–H groups in total. The number of amides is 1. The molecule has 1 aliphatic heterocycles. The van der Waals surface area contributed by atoms with Crippen LogP contribution in [-0.2, 0) is 14.3 Å². The van der Waals surface area contributed by atoms with E-state index in [2.05, 4.69) is 13.8 Å². The summed E-state index contributed by atoms with van der Waals surface area (Å²) < 4.78 is 5.64. The van der Waals surface area contributed by atoms with Crippen molar-refractivity contribution < 1.29 is 19.4 Å². The zero-order chi connectivity index (χ0) is 14.4. The molecule has 0 bridgehead atoms. The highest BCUT2D eigenvalue weighted by atomic mass is 16.5. The van der Waals surface area contributed by atoms with E-state index >= 15 is 0 Å². The highest BCUT2D eigenvalue weighted by molar-refractivity contribution is 5.91. The lowest BCUT2D eigenvalue weighted by atomic mass is 10.0. The molecule has 5 nitrogen and oxygen atoms in total. The third kappa shape index (κ3) is 2.48. The van der Waals surface area contributed by atoms with Gasteiger partial charge in [0.05, 0.1) is 24.5 Å². The third-order valence-corrected chi connectivity index (χ3v) is 4.51. The SMILES string of the molecule is CC(C)C1CN(C(=O)[C@@H]2[C@H](C(=O)O)C2(C)C)CCO1. The van der Waals surface area contributed by atoms with Crippen molar-refractivity contribution in [2.45, 2.75) is 33.8 Å². The molecule has 1 heterocycles. The van der Waals surface area contributed by atoms with Crippen LogP contribution in [0.25, 0.3) is 0 Å². The summed E-state index contributed by atoms with van der Waals surface area (Å²) in [6, 6.07) is 0. The number of morpholine rings is 1. The highest BCUT2D eigenvalue weighted by Crippen LogP contribution is 2.59. The zero-order valence-electron chi connectivity index (χ0n) is 12.0. The van der Waals surface area contributed by atoms with Gasteiger partial charge in [-0.05, 0) is 11.3 Å². The van der Waals surface area contributed by atoms with Gasteiger partial charge in [0.15, 0.2) is 0 Å². The molecule has 1 unspecified atom stereocenters. The summed E-state index contributed by atoms with van der Waals surface area (Å²) >= 11 is 0. The van der Waals surface area contributed by atoms with Crippen molar-refractivity contribution in [3.05, 3.63) is 0 Å². The molecule has 0 aromatic heterocycles. The predicted molar refractivity (Wildman–Crippen MR) is 69.6 cm³/mol. The minimum Gasteiger partial charge on any atom is -0.481 e. The number of carboxylic acid groups (broad SMARTS) is 1. The van der Waals surface area contributed by atoms with Crippen LogP contribution in [0.5, 0.6) is 0 Å². The van der Waals surface area contributed by atoms with E-state index in [9.17, 15) is 9.59 Å². The second kappa shape index (κ2) is 4.78. The number of carbonyl (C=O) groups is 2. The number of carboxylic acids is 1. The maximum absolute atomic E-state index is 12.5. The summed E-state index contributed by atoms with van der Waals surface area (Å²) in [6.45, 7) is 9.54. The molecule has 1 saturated heterocycles. The number of carbonyl (C=O) groups excluding carboxylic acids is 1.